The molecule has 0 amide bonds. The zero-order valence-corrected chi connectivity index (χ0v) is 14.3. The zero-order valence-electron chi connectivity index (χ0n) is 14.3. The smallest absolute Gasteiger partial charge is 0.387 e. The van der Waals surface area contributed by atoms with Gasteiger partial charge in [0.2, 0.25) is 0 Å². The molecule has 0 radical (unpaired) electrons. The average molecular weight is 365 g/mol. The number of benzene rings is 3. The third-order valence-electron chi connectivity index (χ3n) is 3.76. The van der Waals surface area contributed by atoms with Crippen molar-refractivity contribution < 1.29 is 18.3 Å². The Morgan fingerprint density at radius 1 is 0.852 bits per heavy atom. The third kappa shape index (κ3) is 5.25. The van der Waals surface area contributed by atoms with Crippen LogP contribution in [0.25, 0.3) is 5.70 Å². The van der Waals surface area contributed by atoms with Gasteiger partial charge in [0.1, 0.15) is 5.75 Å². The van der Waals surface area contributed by atoms with Crippen molar-refractivity contribution in [1.29, 1.82) is 0 Å². The Balaban J connectivity index is 1.92. The molecule has 0 bridgehead atoms. The van der Waals surface area contributed by atoms with Crippen molar-refractivity contribution in [1.82, 2.24) is 0 Å². The first-order valence-corrected chi connectivity index (χ1v) is 8.30. The molecule has 0 unspecified atom stereocenters. The SMILES string of the molecule is O=C(/C=C(\Nc1cccc(OC(F)F)c1)c1ccccc1)c1ccccc1. The van der Waals surface area contributed by atoms with Crippen LogP contribution in [-0.2, 0) is 0 Å². The molecule has 0 atom stereocenters. The van der Waals surface area contributed by atoms with E-state index in [9.17, 15) is 13.6 Å². The van der Waals surface area contributed by atoms with Gasteiger partial charge < -0.3 is 10.1 Å². The molecule has 0 spiro atoms. The lowest BCUT2D eigenvalue weighted by Gasteiger charge is -2.13. The van der Waals surface area contributed by atoms with Gasteiger partial charge in [-0.1, -0.05) is 66.7 Å². The van der Waals surface area contributed by atoms with Crippen LogP contribution < -0.4 is 10.1 Å². The van der Waals surface area contributed by atoms with E-state index in [-0.39, 0.29) is 11.5 Å². The van der Waals surface area contributed by atoms with Crippen LogP contribution in [0.5, 0.6) is 5.75 Å². The highest BCUT2D eigenvalue weighted by molar-refractivity contribution is 6.09. The second-order valence-corrected chi connectivity index (χ2v) is 5.69. The van der Waals surface area contributed by atoms with Crippen LogP contribution in [0.3, 0.4) is 0 Å². The van der Waals surface area contributed by atoms with E-state index in [1.807, 2.05) is 36.4 Å². The van der Waals surface area contributed by atoms with E-state index in [4.69, 9.17) is 0 Å². The fourth-order valence-corrected chi connectivity index (χ4v) is 2.53. The Hall–Kier alpha value is -3.47. The van der Waals surface area contributed by atoms with Gasteiger partial charge in [-0.3, -0.25) is 4.79 Å². The summed E-state index contributed by atoms with van der Waals surface area (Å²) in [5.74, 6) is -0.126. The molecule has 0 saturated carbocycles. The molecular formula is C22H17F2NO2. The van der Waals surface area contributed by atoms with Crippen molar-refractivity contribution in [2.45, 2.75) is 6.61 Å². The van der Waals surface area contributed by atoms with E-state index in [2.05, 4.69) is 10.1 Å². The maximum Gasteiger partial charge on any atom is 0.387 e. The van der Waals surface area contributed by atoms with Crippen LogP contribution in [-0.4, -0.2) is 12.4 Å². The van der Waals surface area contributed by atoms with Gasteiger partial charge in [0, 0.05) is 29.1 Å². The summed E-state index contributed by atoms with van der Waals surface area (Å²) in [6, 6.07) is 24.4. The molecule has 0 aliphatic carbocycles. The van der Waals surface area contributed by atoms with E-state index >= 15 is 0 Å². The van der Waals surface area contributed by atoms with Crippen molar-refractivity contribution in [3.05, 3.63) is 102 Å². The van der Waals surface area contributed by atoms with Gasteiger partial charge in [0.05, 0.1) is 0 Å². The van der Waals surface area contributed by atoms with Crippen LogP contribution in [0.2, 0.25) is 0 Å². The van der Waals surface area contributed by atoms with Gasteiger partial charge in [-0.2, -0.15) is 8.78 Å². The van der Waals surface area contributed by atoms with Crippen LogP contribution in [0, 0.1) is 0 Å². The summed E-state index contributed by atoms with van der Waals surface area (Å²) in [5.41, 5.74) is 2.44. The number of ketones is 1. The number of ether oxygens (including phenoxy) is 1. The molecule has 5 heteroatoms. The van der Waals surface area contributed by atoms with E-state index in [1.54, 1.807) is 36.4 Å². The lowest BCUT2D eigenvalue weighted by molar-refractivity contribution is -0.0498. The van der Waals surface area contributed by atoms with Crippen molar-refractivity contribution in [2.75, 3.05) is 5.32 Å². The lowest BCUT2D eigenvalue weighted by Crippen LogP contribution is -2.05. The van der Waals surface area contributed by atoms with Crippen LogP contribution >= 0.6 is 0 Å². The number of hydrogen-bond donors (Lipinski definition) is 1. The molecule has 0 heterocycles. The molecular weight excluding hydrogens is 348 g/mol. The molecule has 3 aromatic rings. The molecule has 3 nitrogen and oxygen atoms in total. The zero-order chi connectivity index (χ0) is 19.1. The highest BCUT2D eigenvalue weighted by atomic mass is 19.3. The van der Waals surface area contributed by atoms with Gasteiger partial charge in [0.15, 0.2) is 5.78 Å². The summed E-state index contributed by atoms with van der Waals surface area (Å²) in [7, 11) is 0. The maximum absolute atomic E-state index is 12.6. The van der Waals surface area contributed by atoms with Crippen molar-refractivity contribution in [3.63, 3.8) is 0 Å². The number of allylic oxidation sites excluding steroid dienone is 1. The predicted molar refractivity (Wildman–Crippen MR) is 102 cm³/mol. The Morgan fingerprint density at radius 3 is 2.11 bits per heavy atom. The Labute approximate surface area is 155 Å². The molecule has 0 fully saturated rings. The minimum absolute atomic E-state index is 0.0387. The molecule has 0 aliphatic heterocycles. The minimum atomic E-state index is -2.90. The van der Waals surface area contributed by atoms with Crippen molar-refractivity contribution in [2.24, 2.45) is 0 Å². The van der Waals surface area contributed by atoms with Gasteiger partial charge in [-0.05, 0) is 17.7 Å². The maximum atomic E-state index is 12.6. The van der Waals surface area contributed by atoms with E-state index in [1.165, 1.54) is 18.2 Å². The first kappa shape index (κ1) is 18.3. The molecule has 0 aromatic heterocycles. The van der Waals surface area contributed by atoms with Gasteiger partial charge in [-0.25, -0.2) is 0 Å². The summed E-state index contributed by atoms with van der Waals surface area (Å²) < 4.78 is 29.3. The number of alkyl halides is 2. The van der Waals surface area contributed by atoms with Gasteiger partial charge in [0.25, 0.3) is 0 Å². The van der Waals surface area contributed by atoms with Crippen molar-refractivity contribution in [3.8, 4) is 5.75 Å². The third-order valence-corrected chi connectivity index (χ3v) is 3.76. The second kappa shape index (κ2) is 8.76. The van der Waals surface area contributed by atoms with Crippen molar-refractivity contribution >= 4 is 17.2 Å². The standard InChI is InChI=1S/C22H17F2NO2/c23-22(24)27-19-13-7-12-18(14-19)25-20(16-8-3-1-4-9-16)15-21(26)17-10-5-2-6-11-17/h1-15,22,25H/b20-15-. The van der Waals surface area contributed by atoms with Gasteiger partial charge in [-0.15, -0.1) is 0 Å². The normalized spacial score (nSPS) is 11.3. The van der Waals surface area contributed by atoms with E-state index in [0.717, 1.165) is 5.56 Å². The first-order chi connectivity index (χ1) is 13.1. The van der Waals surface area contributed by atoms with E-state index in [0.29, 0.717) is 16.9 Å². The van der Waals surface area contributed by atoms with Crippen LogP contribution in [0.15, 0.2) is 91.0 Å². The fourth-order valence-electron chi connectivity index (χ4n) is 2.53. The summed E-state index contributed by atoms with van der Waals surface area (Å²) in [4.78, 5) is 12.6. The summed E-state index contributed by atoms with van der Waals surface area (Å²) >= 11 is 0. The van der Waals surface area contributed by atoms with Crippen LogP contribution in [0.1, 0.15) is 15.9 Å². The Kier molecular flexibility index (Phi) is 5.94. The molecule has 136 valence electrons. The average Bonchev–Trinajstić information content (AvgIpc) is 2.68. The number of carbonyl (C=O) groups is 1. The Morgan fingerprint density at radius 2 is 1.48 bits per heavy atom. The molecule has 3 rings (SSSR count). The molecule has 3 aromatic carbocycles. The summed E-state index contributed by atoms with van der Waals surface area (Å²) in [6.45, 7) is -2.90. The fraction of sp³-hybridized carbons (Fsp3) is 0.0455. The molecule has 27 heavy (non-hydrogen) atoms. The summed E-state index contributed by atoms with van der Waals surface area (Å²) in [5, 5.41) is 3.12. The highest BCUT2D eigenvalue weighted by Crippen LogP contribution is 2.24. The number of carbonyl (C=O) groups excluding carboxylic acids is 1. The predicted octanol–water partition coefficient (Wildman–Crippen LogP) is 5.62. The molecule has 1 N–H and O–H groups in total. The molecule has 0 aliphatic rings. The largest absolute Gasteiger partial charge is 0.435 e. The lowest BCUT2D eigenvalue weighted by atomic mass is 10.1. The quantitative estimate of drug-likeness (QED) is 0.436. The number of halogens is 2. The highest BCUT2D eigenvalue weighted by Gasteiger charge is 2.09. The Bertz CT molecular complexity index is 925. The molecule has 0 saturated heterocycles. The van der Waals surface area contributed by atoms with Gasteiger partial charge >= 0.3 is 6.61 Å². The monoisotopic (exact) mass is 365 g/mol. The number of rotatable bonds is 7. The minimum Gasteiger partial charge on any atom is -0.435 e. The number of hydrogen-bond acceptors (Lipinski definition) is 3. The first-order valence-electron chi connectivity index (χ1n) is 8.30. The van der Waals surface area contributed by atoms with Crippen LogP contribution in [0.4, 0.5) is 14.5 Å². The number of anilines is 1. The van der Waals surface area contributed by atoms with E-state index < -0.39 is 6.61 Å². The number of nitrogens with one attached hydrogen (secondary N) is 1. The summed E-state index contributed by atoms with van der Waals surface area (Å²) in [6.07, 6.45) is 1.49. The second-order valence-electron chi connectivity index (χ2n) is 5.69. The topological polar surface area (TPSA) is 38.3 Å².